The van der Waals surface area contributed by atoms with E-state index in [-0.39, 0.29) is 22.5 Å². The first-order valence-corrected chi connectivity index (χ1v) is 9.89. The van der Waals surface area contributed by atoms with Gasteiger partial charge in [0.05, 0.1) is 9.80 Å². The van der Waals surface area contributed by atoms with E-state index in [1.807, 2.05) is 0 Å². The molecule has 0 N–H and O–H groups in total. The summed E-state index contributed by atoms with van der Waals surface area (Å²) in [5.41, 5.74) is 0. The fraction of sp³-hybridized carbons (Fsp3) is 0.200. The molecule has 1 saturated heterocycles. The summed E-state index contributed by atoms with van der Waals surface area (Å²) in [4.78, 5) is 15.9. The lowest BCUT2D eigenvalue weighted by Crippen LogP contribution is -2.30. The molecule has 1 aliphatic rings. The molecule has 0 aliphatic carbocycles. The number of carbonyl (C=O) groups excluding carboxylic acids is 1. The van der Waals surface area contributed by atoms with E-state index >= 15 is 0 Å². The Hall–Kier alpha value is -1.58. The Balaban J connectivity index is 2.43. The van der Waals surface area contributed by atoms with Gasteiger partial charge in [-0.15, -0.1) is 11.0 Å². The van der Waals surface area contributed by atoms with Crippen LogP contribution in [0, 0.1) is 0 Å². The minimum Gasteiger partial charge on any atom is -0.382 e. The van der Waals surface area contributed by atoms with Crippen molar-refractivity contribution in [1.29, 1.82) is 0 Å². The minimum absolute atomic E-state index is 0.0647. The molecule has 128 valence electrons. The van der Waals surface area contributed by atoms with E-state index < -0.39 is 10.0 Å². The average molecular weight is 430 g/mol. The summed E-state index contributed by atoms with van der Waals surface area (Å²) < 4.78 is 29.6. The van der Waals surface area contributed by atoms with Crippen LogP contribution in [0.15, 0.2) is 61.8 Å². The number of hydrogen-bond acceptors (Lipinski definition) is 5. The van der Waals surface area contributed by atoms with E-state index in [1.54, 1.807) is 37.3 Å². The molecule has 0 bridgehead atoms. The Labute approximate surface area is 154 Å². The van der Waals surface area contributed by atoms with Crippen molar-refractivity contribution in [3.63, 3.8) is 0 Å². The second-order valence-corrected chi connectivity index (χ2v) is 8.60. The maximum absolute atomic E-state index is 12.5. The van der Waals surface area contributed by atoms with Crippen molar-refractivity contribution in [3.05, 3.63) is 52.5 Å². The number of sulfonamides is 1. The number of carbonyl (C=O) groups is 1. The number of rotatable bonds is 5. The largest absolute Gasteiger partial charge is 0.382 e. The number of halogens is 1. The summed E-state index contributed by atoms with van der Waals surface area (Å²) in [7, 11) is -0.341. The molecule has 6 nitrogen and oxygen atoms in total. The van der Waals surface area contributed by atoms with Crippen LogP contribution in [0.3, 0.4) is 0 Å². The van der Waals surface area contributed by atoms with Gasteiger partial charge in [0, 0.05) is 31.3 Å². The molecular formula is C15H16BrN3O3S2. The Kier molecular flexibility index (Phi) is 5.89. The van der Waals surface area contributed by atoms with E-state index in [2.05, 4.69) is 26.9 Å². The molecule has 9 heteroatoms. The number of benzene rings is 1. The number of amidine groups is 1. The summed E-state index contributed by atoms with van der Waals surface area (Å²) in [6.45, 7) is 3.79. The summed E-state index contributed by atoms with van der Waals surface area (Å²) in [6, 6.07) is 6.16. The molecule has 0 saturated carbocycles. The van der Waals surface area contributed by atoms with Crippen molar-refractivity contribution < 1.29 is 13.2 Å². The normalized spacial score (nSPS) is 18.5. The predicted octanol–water partition coefficient (Wildman–Crippen LogP) is 2.66. The van der Waals surface area contributed by atoms with Crippen LogP contribution in [-0.4, -0.2) is 49.9 Å². The molecule has 0 atom stereocenters. The van der Waals surface area contributed by atoms with E-state index in [0.29, 0.717) is 4.91 Å². The third-order valence-electron chi connectivity index (χ3n) is 2.88. The fourth-order valence-corrected chi connectivity index (χ4v) is 4.38. The molecule has 1 heterocycles. The van der Waals surface area contributed by atoms with E-state index in [4.69, 9.17) is 0 Å². The van der Waals surface area contributed by atoms with Crippen molar-refractivity contribution in [2.75, 3.05) is 20.6 Å². The Bertz CT molecular complexity index is 815. The third kappa shape index (κ3) is 4.28. The van der Waals surface area contributed by atoms with Crippen molar-refractivity contribution in [1.82, 2.24) is 9.80 Å². The van der Waals surface area contributed by atoms with Crippen LogP contribution in [0.25, 0.3) is 0 Å². The standard InChI is InChI=1S/C15H16BrN3O3S2/c1-4-9-19-14(20)13(10-18(2)3)23-15(19)17-24(21,22)12-7-5-11(16)6-8-12/h4-8,10H,1,9H2,2-3H3. The highest BCUT2D eigenvalue weighted by Gasteiger charge is 2.34. The number of hydrogen-bond donors (Lipinski definition) is 0. The topological polar surface area (TPSA) is 70.1 Å². The molecule has 1 amide bonds. The molecule has 0 radical (unpaired) electrons. The van der Waals surface area contributed by atoms with Crippen LogP contribution < -0.4 is 0 Å². The molecule has 0 spiro atoms. The first-order chi connectivity index (χ1) is 11.2. The molecule has 2 rings (SSSR count). The maximum Gasteiger partial charge on any atom is 0.284 e. The lowest BCUT2D eigenvalue weighted by molar-refractivity contribution is -0.121. The van der Waals surface area contributed by atoms with Gasteiger partial charge in [-0.2, -0.15) is 8.42 Å². The average Bonchev–Trinajstić information content (AvgIpc) is 2.75. The Morgan fingerprint density at radius 2 is 1.96 bits per heavy atom. The molecule has 0 unspecified atom stereocenters. The second-order valence-electron chi connectivity index (χ2n) is 5.07. The smallest absolute Gasteiger partial charge is 0.284 e. The van der Waals surface area contributed by atoms with Gasteiger partial charge in [0.25, 0.3) is 15.9 Å². The van der Waals surface area contributed by atoms with Crippen molar-refractivity contribution in [3.8, 4) is 0 Å². The van der Waals surface area contributed by atoms with Crippen LogP contribution >= 0.6 is 27.7 Å². The summed E-state index contributed by atoms with van der Waals surface area (Å²) in [5.74, 6) is -0.293. The van der Waals surface area contributed by atoms with Gasteiger partial charge < -0.3 is 4.90 Å². The molecule has 0 aromatic heterocycles. The zero-order valence-corrected chi connectivity index (χ0v) is 16.4. The maximum atomic E-state index is 12.5. The van der Waals surface area contributed by atoms with Gasteiger partial charge >= 0.3 is 0 Å². The zero-order chi connectivity index (χ0) is 17.9. The molecule has 1 fully saturated rings. The minimum atomic E-state index is -3.91. The zero-order valence-electron chi connectivity index (χ0n) is 13.1. The van der Waals surface area contributed by atoms with Gasteiger partial charge in [0.1, 0.15) is 0 Å². The highest BCUT2D eigenvalue weighted by Crippen LogP contribution is 2.32. The Morgan fingerprint density at radius 1 is 1.33 bits per heavy atom. The number of nitrogens with zero attached hydrogens (tertiary/aromatic N) is 3. The van der Waals surface area contributed by atoms with Crippen molar-refractivity contribution in [2.24, 2.45) is 4.40 Å². The highest BCUT2D eigenvalue weighted by molar-refractivity contribution is 9.10. The monoisotopic (exact) mass is 429 g/mol. The van der Waals surface area contributed by atoms with Crippen LogP contribution in [0.1, 0.15) is 0 Å². The molecule has 24 heavy (non-hydrogen) atoms. The Morgan fingerprint density at radius 3 is 2.50 bits per heavy atom. The van der Waals surface area contributed by atoms with Crippen molar-refractivity contribution in [2.45, 2.75) is 4.90 Å². The van der Waals surface area contributed by atoms with Crippen molar-refractivity contribution >= 4 is 48.8 Å². The van der Waals surface area contributed by atoms with Gasteiger partial charge in [-0.05, 0) is 36.0 Å². The molecular weight excluding hydrogens is 414 g/mol. The van der Waals surface area contributed by atoms with Gasteiger partial charge in [-0.3, -0.25) is 9.69 Å². The lowest BCUT2D eigenvalue weighted by Gasteiger charge is -2.12. The SMILES string of the molecule is C=CCN1C(=O)C(=CN(C)C)SC1=NS(=O)(=O)c1ccc(Br)cc1. The number of amides is 1. The van der Waals surface area contributed by atoms with Gasteiger partial charge in [-0.1, -0.05) is 22.0 Å². The molecule has 1 aromatic rings. The predicted molar refractivity (Wildman–Crippen MR) is 100 cm³/mol. The van der Waals surface area contributed by atoms with Crippen LogP contribution in [0.4, 0.5) is 0 Å². The van der Waals surface area contributed by atoms with Gasteiger partial charge in [0.15, 0.2) is 5.17 Å². The van der Waals surface area contributed by atoms with Gasteiger partial charge in [0.2, 0.25) is 0 Å². The molecule has 1 aliphatic heterocycles. The number of thioether (sulfide) groups is 1. The van der Waals surface area contributed by atoms with E-state index in [9.17, 15) is 13.2 Å². The summed E-state index contributed by atoms with van der Waals surface area (Å²) in [6.07, 6.45) is 3.16. The third-order valence-corrected chi connectivity index (χ3v) is 5.80. The van der Waals surface area contributed by atoms with Crippen LogP contribution in [-0.2, 0) is 14.8 Å². The fourth-order valence-electron chi connectivity index (χ4n) is 1.85. The first-order valence-electron chi connectivity index (χ1n) is 6.84. The summed E-state index contributed by atoms with van der Waals surface area (Å²) >= 11 is 4.29. The second kappa shape index (κ2) is 7.54. The lowest BCUT2D eigenvalue weighted by atomic mass is 10.4. The van der Waals surface area contributed by atoms with Crippen LogP contribution in [0.2, 0.25) is 0 Å². The molecule has 1 aromatic carbocycles. The van der Waals surface area contributed by atoms with E-state index in [1.165, 1.54) is 23.1 Å². The first kappa shape index (κ1) is 18.8. The van der Waals surface area contributed by atoms with Gasteiger partial charge in [-0.25, -0.2) is 0 Å². The summed E-state index contributed by atoms with van der Waals surface area (Å²) in [5, 5.41) is 0.121. The van der Waals surface area contributed by atoms with E-state index in [0.717, 1.165) is 16.2 Å². The van der Waals surface area contributed by atoms with Crippen LogP contribution in [0.5, 0.6) is 0 Å². The highest BCUT2D eigenvalue weighted by atomic mass is 79.9. The quantitative estimate of drug-likeness (QED) is 0.531.